The Labute approximate surface area is 75.9 Å². The minimum Gasteiger partial charge on any atom is -0.369 e. The van der Waals surface area contributed by atoms with E-state index in [4.69, 9.17) is 5.73 Å². The highest BCUT2D eigenvalue weighted by molar-refractivity contribution is 5.80. The van der Waals surface area contributed by atoms with E-state index in [2.05, 4.69) is 20.6 Å². The zero-order valence-electron chi connectivity index (χ0n) is 7.53. The van der Waals surface area contributed by atoms with Gasteiger partial charge in [-0.05, 0) is 6.42 Å². The lowest BCUT2D eigenvalue weighted by molar-refractivity contribution is -0.119. The number of carbonyl (C=O) groups excluding carboxylic acids is 1. The van der Waals surface area contributed by atoms with Crippen LogP contribution in [0.25, 0.3) is 0 Å². The highest BCUT2D eigenvalue weighted by atomic mass is 16.1. The minimum atomic E-state index is -0.404. The van der Waals surface area contributed by atoms with E-state index in [9.17, 15) is 4.79 Å². The van der Waals surface area contributed by atoms with Crippen molar-refractivity contribution < 1.29 is 4.79 Å². The first-order chi connectivity index (χ1) is 6.25. The number of H-pyrrole nitrogens is 1. The van der Waals surface area contributed by atoms with Crippen molar-refractivity contribution in [1.82, 2.24) is 20.6 Å². The smallest absolute Gasteiger partial charge is 0.228 e. The molecule has 0 fully saturated rings. The first-order valence-corrected chi connectivity index (χ1v) is 4.28. The third-order valence-corrected chi connectivity index (χ3v) is 1.86. The van der Waals surface area contributed by atoms with Gasteiger partial charge in [-0.2, -0.15) is 5.21 Å². The van der Waals surface area contributed by atoms with Gasteiger partial charge in [0.1, 0.15) is 5.92 Å². The van der Waals surface area contributed by atoms with Crippen LogP contribution in [0.2, 0.25) is 0 Å². The standard InChI is InChI=1S/C7H13N5O/c1-2-3-4-5(6(8)13)7-9-11-12-10-7/h5H,2-4H2,1H3,(H2,8,13)(H,9,10,11,12). The Morgan fingerprint density at radius 2 is 2.46 bits per heavy atom. The summed E-state index contributed by atoms with van der Waals surface area (Å²) in [5, 5.41) is 13.2. The van der Waals surface area contributed by atoms with E-state index in [1.165, 1.54) is 0 Å². The summed E-state index contributed by atoms with van der Waals surface area (Å²) in [5.41, 5.74) is 5.21. The molecule has 0 aromatic carbocycles. The quantitative estimate of drug-likeness (QED) is 0.669. The molecular formula is C7H13N5O. The maximum Gasteiger partial charge on any atom is 0.228 e. The lowest BCUT2D eigenvalue weighted by Crippen LogP contribution is -2.22. The van der Waals surface area contributed by atoms with Gasteiger partial charge in [0.05, 0.1) is 0 Å². The Morgan fingerprint density at radius 1 is 1.69 bits per heavy atom. The Hall–Kier alpha value is -1.46. The van der Waals surface area contributed by atoms with Crippen LogP contribution < -0.4 is 5.73 Å². The average molecular weight is 183 g/mol. The number of rotatable bonds is 5. The second-order valence-corrected chi connectivity index (χ2v) is 2.87. The number of aromatic nitrogens is 4. The van der Waals surface area contributed by atoms with Crippen LogP contribution in [0, 0.1) is 0 Å². The zero-order chi connectivity index (χ0) is 9.68. The molecule has 0 radical (unpaired) electrons. The molecular weight excluding hydrogens is 170 g/mol. The van der Waals surface area contributed by atoms with Crippen molar-refractivity contribution >= 4 is 5.91 Å². The molecule has 6 nitrogen and oxygen atoms in total. The molecule has 0 saturated carbocycles. The Bertz CT molecular complexity index is 258. The van der Waals surface area contributed by atoms with Gasteiger partial charge in [-0.25, -0.2) is 0 Å². The fourth-order valence-corrected chi connectivity index (χ4v) is 1.12. The number of nitrogens with one attached hydrogen (secondary N) is 1. The maximum atomic E-state index is 11.0. The van der Waals surface area contributed by atoms with Gasteiger partial charge in [0.25, 0.3) is 0 Å². The Balaban J connectivity index is 2.63. The molecule has 0 aliphatic heterocycles. The van der Waals surface area contributed by atoms with Crippen LogP contribution >= 0.6 is 0 Å². The highest BCUT2D eigenvalue weighted by Crippen LogP contribution is 2.16. The molecule has 72 valence electrons. The second-order valence-electron chi connectivity index (χ2n) is 2.87. The molecule has 0 aliphatic rings. The molecule has 0 spiro atoms. The summed E-state index contributed by atoms with van der Waals surface area (Å²) in [6.45, 7) is 2.05. The normalized spacial score (nSPS) is 12.7. The molecule has 1 aromatic rings. The summed E-state index contributed by atoms with van der Waals surface area (Å²) in [4.78, 5) is 11.0. The molecule has 1 atom stereocenters. The van der Waals surface area contributed by atoms with Crippen LogP contribution in [-0.4, -0.2) is 26.5 Å². The van der Waals surface area contributed by atoms with E-state index < -0.39 is 11.8 Å². The maximum absolute atomic E-state index is 11.0. The third-order valence-electron chi connectivity index (χ3n) is 1.86. The fourth-order valence-electron chi connectivity index (χ4n) is 1.12. The SMILES string of the molecule is CCCCC(C(N)=O)c1nn[nH]n1. The van der Waals surface area contributed by atoms with E-state index in [1.54, 1.807) is 0 Å². The minimum absolute atomic E-state index is 0.390. The number of primary amides is 1. The number of unbranched alkanes of at least 4 members (excludes halogenated alkanes) is 1. The molecule has 1 aromatic heterocycles. The second kappa shape index (κ2) is 4.54. The predicted octanol–water partition coefficient (Wildman–Crippen LogP) is -0.0412. The van der Waals surface area contributed by atoms with Gasteiger partial charge in [-0.1, -0.05) is 25.0 Å². The number of carbonyl (C=O) groups is 1. The zero-order valence-corrected chi connectivity index (χ0v) is 7.53. The van der Waals surface area contributed by atoms with E-state index in [0.717, 1.165) is 12.8 Å². The van der Waals surface area contributed by atoms with Crippen LogP contribution in [0.5, 0.6) is 0 Å². The molecule has 13 heavy (non-hydrogen) atoms. The molecule has 6 heteroatoms. The van der Waals surface area contributed by atoms with Crippen molar-refractivity contribution in [3.05, 3.63) is 5.82 Å². The van der Waals surface area contributed by atoms with E-state index in [1.807, 2.05) is 6.92 Å². The number of aromatic amines is 1. The van der Waals surface area contributed by atoms with Gasteiger partial charge in [0.15, 0.2) is 5.82 Å². The largest absolute Gasteiger partial charge is 0.369 e. The fraction of sp³-hybridized carbons (Fsp3) is 0.714. The lowest BCUT2D eigenvalue weighted by Gasteiger charge is -2.06. The number of hydrogen-bond acceptors (Lipinski definition) is 4. The van der Waals surface area contributed by atoms with Crippen molar-refractivity contribution in [1.29, 1.82) is 0 Å². The number of amides is 1. The summed E-state index contributed by atoms with van der Waals surface area (Å²) < 4.78 is 0. The van der Waals surface area contributed by atoms with Gasteiger partial charge in [0.2, 0.25) is 5.91 Å². The van der Waals surface area contributed by atoms with E-state index in [0.29, 0.717) is 12.2 Å². The van der Waals surface area contributed by atoms with Crippen molar-refractivity contribution in [3.8, 4) is 0 Å². The molecule has 1 amide bonds. The van der Waals surface area contributed by atoms with Gasteiger partial charge in [-0.15, -0.1) is 10.2 Å². The number of tetrazole rings is 1. The summed E-state index contributed by atoms with van der Waals surface area (Å²) in [6, 6.07) is 0. The average Bonchev–Trinajstić information content (AvgIpc) is 2.57. The van der Waals surface area contributed by atoms with Gasteiger partial charge < -0.3 is 5.73 Å². The van der Waals surface area contributed by atoms with Crippen LogP contribution in [-0.2, 0) is 4.79 Å². The topological polar surface area (TPSA) is 97.5 Å². The van der Waals surface area contributed by atoms with Gasteiger partial charge in [-0.3, -0.25) is 4.79 Å². The number of hydrogen-bond donors (Lipinski definition) is 2. The van der Waals surface area contributed by atoms with Gasteiger partial charge >= 0.3 is 0 Å². The molecule has 0 saturated heterocycles. The number of nitrogens with two attached hydrogens (primary N) is 1. The molecule has 0 aliphatic carbocycles. The van der Waals surface area contributed by atoms with Crippen molar-refractivity contribution in [2.45, 2.75) is 32.1 Å². The van der Waals surface area contributed by atoms with Gasteiger partial charge in [0, 0.05) is 0 Å². The first kappa shape index (κ1) is 9.63. The summed E-state index contributed by atoms with van der Waals surface area (Å²) in [7, 11) is 0. The summed E-state index contributed by atoms with van der Waals surface area (Å²) in [6.07, 6.45) is 2.63. The third kappa shape index (κ3) is 2.50. The molecule has 1 rings (SSSR count). The summed E-state index contributed by atoms with van der Waals surface area (Å²) in [5.74, 6) is -0.408. The molecule has 1 heterocycles. The molecule has 3 N–H and O–H groups in total. The molecule has 1 unspecified atom stereocenters. The monoisotopic (exact) mass is 183 g/mol. The van der Waals surface area contributed by atoms with E-state index >= 15 is 0 Å². The summed E-state index contributed by atoms with van der Waals surface area (Å²) >= 11 is 0. The van der Waals surface area contributed by atoms with Crippen LogP contribution in [0.15, 0.2) is 0 Å². The molecule has 0 bridgehead atoms. The predicted molar refractivity (Wildman–Crippen MR) is 45.6 cm³/mol. The lowest BCUT2D eigenvalue weighted by atomic mass is 10.0. The first-order valence-electron chi connectivity index (χ1n) is 4.28. The van der Waals surface area contributed by atoms with Crippen LogP contribution in [0.4, 0.5) is 0 Å². The number of nitrogens with zero attached hydrogens (tertiary/aromatic N) is 3. The van der Waals surface area contributed by atoms with Crippen molar-refractivity contribution in [2.75, 3.05) is 0 Å². The Morgan fingerprint density at radius 3 is 2.92 bits per heavy atom. The van der Waals surface area contributed by atoms with E-state index in [-0.39, 0.29) is 0 Å². The Kier molecular flexibility index (Phi) is 3.36. The highest BCUT2D eigenvalue weighted by Gasteiger charge is 2.21. The van der Waals surface area contributed by atoms with Crippen molar-refractivity contribution in [3.63, 3.8) is 0 Å². The van der Waals surface area contributed by atoms with Crippen molar-refractivity contribution in [2.24, 2.45) is 5.73 Å². The van der Waals surface area contributed by atoms with Crippen LogP contribution in [0.1, 0.15) is 37.9 Å². The van der Waals surface area contributed by atoms with Crippen LogP contribution in [0.3, 0.4) is 0 Å².